The zero-order valence-corrected chi connectivity index (χ0v) is 28.0. The van der Waals surface area contributed by atoms with Gasteiger partial charge in [0.15, 0.2) is 5.78 Å². The molecule has 0 radical (unpaired) electrons. The van der Waals surface area contributed by atoms with E-state index >= 15 is 0 Å². The van der Waals surface area contributed by atoms with E-state index in [-0.39, 0.29) is 34.7 Å². The lowest BCUT2D eigenvalue weighted by atomic mass is 9.68. The number of benzene rings is 2. The number of anilines is 1. The highest BCUT2D eigenvalue weighted by atomic mass is 35.5. The molecule has 3 aliphatic heterocycles. The zero-order valence-electron chi connectivity index (χ0n) is 26.5. The number of hydrogen-bond acceptors (Lipinski definition) is 7. The van der Waals surface area contributed by atoms with Gasteiger partial charge in [0.25, 0.3) is 5.91 Å². The largest absolute Gasteiger partial charge is 0.490 e. The van der Waals surface area contributed by atoms with Crippen molar-refractivity contribution in [3.05, 3.63) is 70.3 Å². The van der Waals surface area contributed by atoms with Crippen LogP contribution in [-0.4, -0.2) is 73.5 Å². The average molecular weight is 667 g/mol. The van der Waals surface area contributed by atoms with Crippen molar-refractivity contribution in [2.24, 2.45) is 22.1 Å². The Morgan fingerprint density at radius 2 is 2.04 bits per heavy atom. The lowest BCUT2D eigenvalue weighted by Crippen LogP contribution is -2.49. The molecular weight excluding hydrogens is 624 g/mol. The smallest absolute Gasteiger partial charge is 0.285 e. The number of ketones is 1. The molecule has 2 fully saturated rings. The van der Waals surface area contributed by atoms with E-state index in [0.717, 1.165) is 61.7 Å². The number of Topliss-reactive ketones (excluding diaryl/α,β-unsaturated/α-hetero) is 1. The highest BCUT2D eigenvalue weighted by Crippen LogP contribution is 2.47. The van der Waals surface area contributed by atoms with Crippen molar-refractivity contribution < 1.29 is 28.0 Å². The SMILES string of the molecule is CO[C@H]1/C=C/CCC[S@@](=O)(CC(=O)C2COC2)=NC(=O)c2ccc3c(c2)N(C[C@@H]2CC[C@H]21)C[C@@]1(CCCc2cc(Cl)ccc21)CO3. The minimum atomic E-state index is -3.11. The average Bonchev–Trinajstić information content (AvgIpc) is 3.13. The van der Waals surface area contributed by atoms with Gasteiger partial charge in [-0.1, -0.05) is 29.8 Å². The van der Waals surface area contributed by atoms with Crippen LogP contribution in [0.15, 0.2) is 52.9 Å². The molecule has 1 amide bonds. The van der Waals surface area contributed by atoms with Gasteiger partial charge in [-0.25, -0.2) is 4.21 Å². The van der Waals surface area contributed by atoms with Gasteiger partial charge in [-0.3, -0.25) is 9.59 Å². The van der Waals surface area contributed by atoms with Gasteiger partial charge in [-0.2, -0.15) is 4.36 Å². The van der Waals surface area contributed by atoms with Crippen LogP contribution in [0, 0.1) is 17.8 Å². The summed E-state index contributed by atoms with van der Waals surface area (Å²) in [7, 11) is -1.34. The predicted molar refractivity (Wildman–Crippen MR) is 180 cm³/mol. The van der Waals surface area contributed by atoms with E-state index in [1.54, 1.807) is 13.2 Å². The fraction of sp³-hybridized carbons (Fsp3) is 0.556. The van der Waals surface area contributed by atoms with Gasteiger partial charge in [0.05, 0.1) is 53.0 Å². The van der Waals surface area contributed by atoms with Crippen molar-refractivity contribution in [1.82, 2.24) is 0 Å². The molecule has 1 saturated heterocycles. The first-order chi connectivity index (χ1) is 22.3. The molecule has 2 bridgehead atoms. The molecule has 0 unspecified atom stereocenters. The molecule has 2 aromatic rings. The van der Waals surface area contributed by atoms with Crippen molar-refractivity contribution in [1.29, 1.82) is 0 Å². The zero-order chi connectivity index (χ0) is 31.9. The van der Waals surface area contributed by atoms with E-state index in [2.05, 4.69) is 33.5 Å². The van der Waals surface area contributed by atoms with Crippen molar-refractivity contribution in [3.63, 3.8) is 0 Å². The summed E-state index contributed by atoms with van der Waals surface area (Å²) in [4.78, 5) is 29.1. The quantitative estimate of drug-likeness (QED) is 0.368. The Morgan fingerprint density at radius 1 is 1.17 bits per heavy atom. The van der Waals surface area contributed by atoms with Crippen LogP contribution in [0.2, 0.25) is 5.02 Å². The third-order valence-corrected chi connectivity index (χ3v) is 13.2. The van der Waals surface area contributed by atoms with Crippen molar-refractivity contribution in [2.45, 2.75) is 56.5 Å². The third-order valence-electron chi connectivity index (χ3n) is 10.8. The van der Waals surface area contributed by atoms with Gasteiger partial charge in [-0.05, 0) is 98.2 Å². The van der Waals surface area contributed by atoms with Gasteiger partial charge in [-0.15, -0.1) is 0 Å². The molecule has 3 heterocycles. The van der Waals surface area contributed by atoms with Crippen LogP contribution >= 0.6 is 11.6 Å². The Balaban J connectivity index is 1.29. The summed E-state index contributed by atoms with van der Waals surface area (Å²) >= 11 is 6.43. The monoisotopic (exact) mass is 666 g/mol. The fourth-order valence-corrected chi connectivity index (χ4v) is 10.2. The second-order valence-corrected chi connectivity index (χ2v) is 16.6. The molecule has 2 aromatic carbocycles. The Labute approximate surface area is 277 Å². The summed E-state index contributed by atoms with van der Waals surface area (Å²) < 4.78 is 36.3. The number of aryl methyl sites for hydroxylation is 1. The van der Waals surface area contributed by atoms with E-state index in [4.69, 9.17) is 25.8 Å². The molecule has 5 aliphatic rings. The van der Waals surface area contributed by atoms with Gasteiger partial charge in [0.1, 0.15) is 5.75 Å². The first-order valence-electron chi connectivity index (χ1n) is 16.6. The van der Waals surface area contributed by atoms with Gasteiger partial charge >= 0.3 is 0 Å². The lowest BCUT2D eigenvalue weighted by Gasteiger charge is -2.46. The van der Waals surface area contributed by atoms with Crippen LogP contribution in [0.3, 0.4) is 0 Å². The van der Waals surface area contributed by atoms with Crippen LogP contribution in [0.25, 0.3) is 0 Å². The number of methoxy groups -OCH3 is 1. The Kier molecular flexibility index (Phi) is 9.04. The van der Waals surface area contributed by atoms with Gasteiger partial charge < -0.3 is 19.1 Å². The number of ether oxygens (including phenoxy) is 3. The number of nitrogens with zero attached hydrogens (tertiary/aromatic N) is 2. The van der Waals surface area contributed by atoms with Gasteiger partial charge in [0, 0.05) is 42.0 Å². The Bertz CT molecular complexity index is 1660. The summed E-state index contributed by atoms with van der Waals surface area (Å²) in [6, 6.07) is 11.7. The number of halogens is 1. The minimum Gasteiger partial charge on any atom is -0.490 e. The first kappa shape index (κ1) is 31.9. The highest BCUT2D eigenvalue weighted by molar-refractivity contribution is 7.94. The summed E-state index contributed by atoms with van der Waals surface area (Å²) in [5.74, 6) is 0.513. The normalized spacial score (nSPS) is 32.1. The van der Waals surface area contributed by atoms with E-state index in [9.17, 15) is 13.8 Å². The first-order valence-corrected chi connectivity index (χ1v) is 18.9. The van der Waals surface area contributed by atoms with E-state index in [1.807, 2.05) is 18.2 Å². The van der Waals surface area contributed by atoms with Crippen molar-refractivity contribution in [2.75, 3.05) is 56.4 Å². The Hall–Kier alpha value is -2.72. The molecule has 1 saturated carbocycles. The summed E-state index contributed by atoms with van der Waals surface area (Å²) in [5.41, 5.74) is 3.56. The van der Waals surface area contributed by atoms with E-state index in [0.29, 0.717) is 50.1 Å². The minimum absolute atomic E-state index is 0.0111. The molecule has 0 N–H and O–H groups in total. The number of carbonyl (C=O) groups excluding carboxylic acids is 2. The fourth-order valence-electron chi connectivity index (χ4n) is 7.95. The molecule has 2 aliphatic carbocycles. The second kappa shape index (κ2) is 13.1. The molecule has 7 rings (SSSR count). The molecule has 46 heavy (non-hydrogen) atoms. The maximum atomic E-state index is 14.2. The Morgan fingerprint density at radius 3 is 2.80 bits per heavy atom. The summed E-state index contributed by atoms with van der Waals surface area (Å²) in [5, 5.41) is 0.751. The van der Waals surface area contributed by atoms with Crippen molar-refractivity contribution >= 4 is 38.7 Å². The number of allylic oxidation sites excluding steroid dienone is 1. The number of fused-ring (bicyclic) bond motifs is 4. The standard InChI is InChI=1S/C36H43ClN2O6S/c1-43-33-7-3-2-4-15-46(42,21-32(40)27-19-44-20-27)38-35(41)25-9-13-34-31(17-25)39(18-26-8-11-29(26)33)22-36(23-45-34)14-5-6-24-16-28(37)10-12-30(24)36/h3,7,9-10,12-13,16-17,26-27,29,33H,2,4-6,8,11,14-15,18-23H2,1H3/b7-3+/t26-,29+,33-,36-,46+/m0/s1. The number of carbonyl (C=O) groups is 2. The molecule has 5 atom stereocenters. The van der Waals surface area contributed by atoms with Crippen LogP contribution in [0.5, 0.6) is 5.75 Å². The van der Waals surface area contributed by atoms with E-state index < -0.39 is 15.6 Å². The molecular formula is C36H43ClN2O6S. The maximum Gasteiger partial charge on any atom is 0.285 e. The van der Waals surface area contributed by atoms with Crippen LogP contribution in [-0.2, 0) is 35.8 Å². The summed E-state index contributed by atoms with van der Waals surface area (Å²) in [6.07, 6.45) is 10.7. The van der Waals surface area contributed by atoms with Crippen LogP contribution in [0.1, 0.15) is 60.0 Å². The molecule has 1 spiro atoms. The number of hydrogen-bond donors (Lipinski definition) is 0. The van der Waals surface area contributed by atoms with Crippen LogP contribution in [0.4, 0.5) is 5.69 Å². The predicted octanol–water partition coefficient (Wildman–Crippen LogP) is 6.03. The molecule has 0 aromatic heterocycles. The molecule has 8 nitrogen and oxygen atoms in total. The second-order valence-electron chi connectivity index (χ2n) is 13.8. The number of amides is 1. The molecule has 246 valence electrons. The molecule has 10 heteroatoms. The number of rotatable bonds is 4. The lowest BCUT2D eigenvalue weighted by molar-refractivity contribution is -0.133. The summed E-state index contributed by atoms with van der Waals surface area (Å²) in [6.45, 7) is 2.76. The van der Waals surface area contributed by atoms with Gasteiger partial charge in [0.2, 0.25) is 0 Å². The van der Waals surface area contributed by atoms with E-state index in [1.165, 1.54) is 11.1 Å². The third kappa shape index (κ3) is 6.28. The van der Waals surface area contributed by atoms with Crippen molar-refractivity contribution in [3.8, 4) is 5.75 Å². The topological polar surface area (TPSA) is 94.5 Å². The highest BCUT2D eigenvalue weighted by Gasteiger charge is 2.44. The van der Waals surface area contributed by atoms with Crippen LogP contribution < -0.4 is 9.64 Å². The maximum absolute atomic E-state index is 14.2.